The maximum Gasteiger partial charge on any atom is 0.241 e. The highest BCUT2D eigenvalue weighted by Crippen LogP contribution is 2.27. The van der Waals surface area contributed by atoms with E-state index in [9.17, 15) is 9.18 Å². The van der Waals surface area contributed by atoms with E-state index < -0.39 is 5.82 Å². The molecule has 0 saturated carbocycles. The molecule has 1 amide bonds. The summed E-state index contributed by atoms with van der Waals surface area (Å²) in [5.74, 6) is -0.559. The second-order valence-corrected chi connectivity index (χ2v) is 5.61. The lowest BCUT2D eigenvalue weighted by atomic mass is 9.92. The fourth-order valence-corrected chi connectivity index (χ4v) is 2.74. The van der Waals surface area contributed by atoms with Gasteiger partial charge in [0.2, 0.25) is 5.91 Å². The van der Waals surface area contributed by atoms with Crippen LogP contribution < -0.4 is 10.6 Å². The average molecular weight is 305 g/mol. The number of carbonyl (C=O) groups is 1. The molecule has 1 aromatic rings. The number of halogens is 3. The first kappa shape index (κ1) is 14.6. The standard InChI is InChI=1S/C13H15Cl2FN2O/c1-7-3-2-4-17-12(7)13(19)18-8-5-9(14)11(16)10(15)6-8/h5-7,12,17H,2-4H2,1H3,(H,18,19). The van der Waals surface area contributed by atoms with E-state index in [-0.39, 0.29) is 27.9 Å². The minimum atomic E-state index is -0.675. The largest absolute Gasteiger partial charge is 0.325 e. The molecule has 104 valence electrons. The van der Waals surface area contributed by atoms with Crippen LogP contribution in [0.15, 0.2) is 12.1 Å². The number of hydrogen-bond acceptors (Lipinski definition) is 2. The fraction of sp³-hybridized carbons (Fsp3) is 0.462. The Labute approximate surface area is 121 Å². The number of benzene rings is 1. The lowest BCUT2D eigenvalue weighted by molar-refractivity contribution is -0.119. The highest BCUT2D eigenvalue weighted by Gasteiger charge is 2.27. The van der Waals surface area contributed by atoms with Crippen molar-refractivity contribution >= 4 is 34.8 Å². The van der Waals surface area contributed by atoms with Gasteiger partial charge >= 0.3 is 0 Å². The molecular formula is C13H15Cl2FN2O. The van der Waals surface area contributed by atoms with E-state index in [0.717, 1.165) is 19.4 Å². The summed E-state index contributed by atoms with van der Waals surface area (Å²) < 4.78 is 13.3. The third kappa shape index (κ3) is 3.38. The van der Waals surface area contributed by atoms with Crippen LogP contribution in [0.3, 0.4) is 0 Å². The third-order valence-corrected chi connectivity index (χ3v) is 3.85. The third-order valence-electron chi connectivity index (χ3n) is 3.30. The van der Waals surface area contributed by atoms with Gasteiger partial charge in [-0.1, -0.05) is 30.1 Å². The number of piperidine rings is 1. The summed E-state index contributed by atoms with van der Waals surface area (Å²) in [6.07, 6.45) is 2.08. The summed E-state index contributed by atoms with van der Waals surface area (Å²) in [7, 11) is 0. The van der Waals surface area contributed by atoms with E-state index >= 15 is 0 Å². The zero-order valence-corrected chi connectivity index (χ0v) is 12.0. The molecule has 2 unspecified atom stereocenters. The molecule has 3 nitrogen and oxygen atoms in total. The second-order valence-electron chi connectivity index (χ2n) is 4.79. The van der Waals surface area contributed by atoms with Gasteiger partial charge in [-0.3, -0.25) is 4.79 Å². The van der Waals surface area contributed by atoms with Gasteiger partial charge in [0.25, 0.3) is 0 Å². The first-order valence-corrected chi connectivity index (χ1v) is 6.93. The zero-order valence-electron chi connectivity index (χ0n) is 10.5. The van der Waals surface area contributed by atoms with Crippen molar-refractivity contribution in [3.05, 3.63) is 28.0 Å². The van der Waals surface area contributed by atoms with Crippen LogP contribution in [0.1, 0.15) is 19.8 Å². The van der Waals surface area contributed by atoms with E-state index in [1.54, 1.807) is 0 Å². The number of hydrogen-bond donors (Lipinski definition) is 2. The highest BCUT2D eigenvalue weighted by atomic mass is 35.5. The van der Waals surface area contributed by atoms with Crippen molar-refractivity contribution in [2.45, 2.75) is 25.8 Å². The van der Waals surface area contributed by atoms with E-state index in [0.29, 0.717) is 5.69 Å². The van der Waals surface area contributed by atoms with Crippen molar-refractivity contribution in [1.82, 2.24) is 5.32 Å². The molecule has 1 aromatic carbocycles. The van der Waals surface area contributed by atoms with Crippen LogP contribution in [0.2, 0.25) is 10.0 Å². The van der Waals surface area contributed by atoms with Crippen molar-refractivity contribution < 1.29 is 9.18 Å². The molecule has 2 rings (SSSR count). The van der Waals surface area contributed by atoms with Crippen LogP contribution in [-0.2, 0) is 4.79 Å². The minimum Gasteiger partial charge on any atom is -0.325 e. The van der Waals surface area contributed by atoms with Crippen molar-refractivity contribution in [2.24, 2.45) is 5.92 Å². The fourth-order valence-electron chi connectivity index (χ4n) is 2.25. The molecule has 6 heteroatoms. The summed E-state index contributed by atoms with van der Waals surface area (Å²) in [5.41, 5.74) is 0.404. The van der Waals surface area contributed by atoms with E-state index in [4.69, 9.17) is 23.2 Å². The Bertz CT molecular complexity index is 473. The van der Waals surface area contributed by atoms with Crippen molar-refractivity contribution in [2.75, 3.05) is 11.9 Å². The molecule has 1 saturated heterocycles. The van der Waals surface area contributed by atoms with Crippen LogP contribution in [0.5, 0.6) is 0 Å². The van der Waals surface area contributed by atoms with E-state index in [1.165, 1.54) is 12.1 Å². The Hall–Kier alpha value is -0.840. The summed E-state index contributed by atoms with van der Waals surface area (Å²) in [6.45, 7) is 2.86. The highest BCUT2D eigenvalue weighted by molar-refractivity contribution is 6.35. The van der Waals surface area contributed by atoms with Gasteiger partial charge < -0.3 is 10.6 Å². The van der Waals surface area contributed by atoms with Gasteiger partial charge in [0.05, 0.1) is 16.1 Å². The number of nitrogens with one attached hydrogen (secondary N) is 2. The second kappa shape index (κ2) is 6.07. The summed E-state index contributed by atoms with van der Waals surface area (Å²) in [6, 6.07) is 2.47. The molecule has 1 aliphatic heterocycles. The lowest BCUT2D eigenvalue weighted by Gasteiger charge is -2.29. The van der Waals surface area contributed by atoms with Crippen LogP contribution in [-0.4, -0.2) is 18.5 Å². The Kier molecular flexibility index (Phi) is 4.66. The van der Waals surface area contributed by atoms with Gasteiger partial charge in [-0.25, -0.2) is 4.39 Å². The van der Waals surface area contributed by atoms with Gasteiger partial charge in [0, 0.05) is 5.69 Å². The quantitative estimate of drug-likeness (QED) is 0.822. The molecule has 1 aliphatic rings. The monoisotopic (exact) mass is 304 g/mol. The Balaban J connectivity index is 2.10. The smallest absolute Gasteiger partial charge is 0.241 e. The maximum absolute atomic E-state index is 13.3. The molecule has 19 heavy (non-hydrogen) atoms. The number of anilines is 1. The van der Waals surface area contributed by atoms with Gasteiger partial charge in [0.1, 0.15) is 0 Å². The molecule has 0 aliphatic carbocycles. The van der Waals surface area contributed by atoms with Crippen LogP contribution in [0.4, 0.5) is 10.1 Å². The molecule has 2 atom stereocenters. The zero-order chi connectivity index (χ0) is 14.0. The maximum atomic E-state index is 13.3. The Morgan fingerprint density at radius 3 is 2.63 bits per heavy atom. The molecule has 2 N–H and O–H groups in total. The SMILES string of the molecule is CC1CCCNC1C(=O)Nc1cc(Cl)c(F)c(Cl)c1. The van der Waals surface area contributed by atoms with Crippen LogP contribution >= 0.6 is 23.2 Å². The molecule has 0 radical (unpaired) electrons. The topological polar surface area (TPSA) is 41.1 Å². The number of rotatable bonds is 2. The van der Waals surface area contributed by atoms with E-state index in [2.05, 4.69) is 10.6 Å². The average Bonchev–Trinajstić information content (AvgIpc) is 2.36. The first-order chi connectivity index (χ1) is 8.99. The predicted octanol–water partition coefficient (Wildman–Crippen LogP) is 3.46. The van der Waals surface area contributed by atoms with Crippen LogP contribution in [0, 0.1) is 11.7 Å². The molecule has 0 aromatic heterocycles. The number of amides is 1. The van der Waals surface area contributed by atoms with Crippen molar-refractivity contribution in [3.8, 4) is 0 Å². The molecule has 0 spiro atoms. The van der Waals surface area contributed by atoms with Gasteiger partial charge in [-0.15, -0.1) is 0 Å². The summed E-state index contributed by atoms with van der Waals surface area (Å²) >= 11 is 11.4. The number of carbonyl (C=O) groups excluding carboxylic acids is 1. The van der Waals surface area contributed by atoms with Crippen LogP contribution in [0.25, 0.3) is 0 Å². The summed E-state index contributed by atoms with van der Waals surface area (Å²) in [5, 5.41) is 5.68. The minimum absolute atomic E-state index is 0.104. The predicted molar refractivity (Wildman–Crippen MR) is 75.2 cm³/mol. The normalized spacial score (nSPS) is 23.2. The lowest BCUT2D eigenvalue weighted by Crippen LogP contribution is -2.48. The first-order valence-electron chi connectivity index (χ1n) is 6.18. The van der Waals surface area contributed by atoms with Gasteiger partial charge in [-0.05, 0) is 37.4 Å². The molecule has 1 fully saturated rings. The van der Waals surface area contributed by atoms with Gasteiger partial charge in [0.15, 0.2) is 5.82 Å². The molecular weight excluding hydrogens is 290 g/mol. The Morgan fingerprint density at radius 2 is 2.05 bits per heavy atom. The summed E-state index contributed by atoms with van der Waals surface area (Å²) in [4.78, 5) is 12.1. The van der Waals surface area contributed by atoms with Gasteiger partial charge in [-0.2, -0.15) is 0 Å². The van der Waals surface area contributed by atoms with Crippen molar-refractivity contribution in [3.63, 3.8) is 0 Å². The van der Waals surface area contributed by atoms with E-state index in [1.807, 2.05) is 6.92 Å². The molecule has 0 bridgehead atoms. The Morgan fingerprint density at radius 1 is 1.42 bits per heavy atom. The molecule has 1 heterocycles. The van der Waals surface area contributed by atoms with Crippen molar-refractivity contribution in [1.29, 1.82) is 0 Å².